The van der Waals surface area contributed by atoms with Crippen LogP contribution in [-0.4, -0.2) is 50.4 Å². The normalized spacial score (nSPS) is 19.7. The van der Waals surface area contributed by atoms with Gasteiger partial charge in [0.25, 0.3) is 5.91 Å². The molecule has 0 radical (unpaired) electrons. The number of aliphatic carboxylic acids is 1. The molecule has 9 heteroatoms. The Balaban J connectivity index is 1.82. The largest absolute Gasteiger partial charge is 0.505 e. The number of hydrogen-bond acceptors (Lipinski definition) is 7. The Morgan fingerprint density at radius 2 is 1.91 bits per heavy atom. The van der Waals surface area contributed by atoms with Crippen LogP contribution in [0.25, 0.3) is 0 Å². The zero-order valence-corrected chi connectivity index (χ0v) is 17.0. The molecule has 9 nitrogen and oxygen atoms in total. The molecule has 0 spiro atoms. The Morgan fingerprint density at radius 1 is 1.22 bits per heavy atom. The van der Waals surface area contributed by atoms with E-state index in [0.717, 1.165) is 0 Å². The molecule has 0 unspecified atom stereocenters. The van der Waals surface area contributed by atoms with E-state index in [1.807, 2.05) is 6.07 Å². The number of hydrogen-bond donors (Lipinski definition) is 4. The molecule has 1 aliphatic carbocycles. The number of aliphatic hydroxyl groups is 1. The molecule has 0 aliphatic heterocycles. The van der Waals surface area contributed by atoms with Crippen molar-refractivity contribution in [1.82, 2.24) is 10.3 Å². The number of aromatic hydroxyl groups is 1. The van der Waals surface area contributed by atoms with Crippen molar-refractivity contribution in [3.05, 3.63) is 53.3 Å². The van der Waals surface area contributed by atoms with Crippen LogP contribution in [0.15, 0.2) is 36.5 Å². The number of pyridine rings is 1. The molecule has 1 saturated carbocycles. The van der Waals surface area contributed by atoms with Crippen LogP contribution in [0.2, 0.25) is 0 Å². The van der Waals surface area contributed by atoms with Crippen molar-refractivity contribution in [2.45, 2.75) is 37.4 Å². The van der Waals surface area contributed by atoms with E-state index in [4.69, 9.17) is 15.1 Å². The number of benzene rings is 1. The first-order valence-corrected chi connectivity index (χ1v) is 9.90. The van der Waals surface area contributed by atoms with Crippen molar-refractivity contribution in [2.75, 3.05) is 6.54 Å². The van der Waals surface area contributed by atoms with Crippen LogP contribution >= 0.6 is 0 Å². The minimum atomic E-state index is -1.22. The Bertz CT molecular complexity index is 1100. The lowest BCUT2D eigenvalue weighted by atomic mass is 9.83. The fourth-order valence-corrected chi connectivity index (χ4v) is 3.27. The van der Waals surface area contributed by atoms with Gasteiger partial charge in [0.2, 0.25) is 0 Å². The van der Waals surface area contributed by atoms with Gasteiger partial charge in [-0.1, -0.05) is 5.92 Å². The number of nitriles is 1. The highest BCUT2D eigenvalue weighted by molar-refractivity contribution is 5.96. The van der Waals surface area contributed by atoms with Gasteiger partial charge in [-0.15, -0.1) is 0 Å². The molecule has 1 fully saturated rings. The zero-order chi connectivity index (χ0) is 23.1. The van der Waals surface area contributed by atoms with E-state index in [-0.39, 0.29) is 5.69 Å². The Kier molecular flexibility index (Phi) is 6.93. The summed E-state index contributed by atoms with van der Waals surface area (Å²) in [6, 6.07) is 9.97. The summed E-state index contributed by atoms with van der Waals surface area (Å²) in [6.07, 6.45) is 2.86. The number of nitrogens with zero attached hydrogens (tertiary/aromatic N) is 2. The van der Waals surface area contributed by atoms with Crippen LogP contribution in [0.1, 0.15) is 47.3 Å². The van der Waals surface area contributed by atoms with Gasteiger partial charge in [-0.2, -0.15) is 5.26 Å². The molecule has 1 aromatic carbocycles. The van der Waals surface area contributed by atoms with Crippen LogP contribution in [0.4, 0.5) is 0 Å². The molecule has 1 amide bonds. The summed E-state index contributed by atoms with van der Waals surface area (Å²) in [6.45, 7) is -0.595. The van der Waals surface area contributed by atoms with E-state index in [1.54, 1.807) is 24.3 Å². The second-order valence-electron chi connectivity index (χ2n) is 7.38. The molecule has 2 aromatic rings. The fraction of sp³-hybridized carbons (Fsp3) is 0.304. The molecule has 1 aromatic heterocycles. The van der Waals surface area contributed by atoms with Crippen molar-refractivity contribution in [3.63, 3.8) is 0 Å². The molecule has 0 saturated heterocycles. The molecule has 32 heavy (non-hydrogen) atoms. The van der Waals surface area contributed by atoms with E-state index in [0.29, 0.717) is 42.6 Å². The fourth-order valence-electron chi connectivity index (χ4n) is 3.27. The maximum absolute atomic E-state index is 11.9. The van der Waals surface area contributed by atoms with Gasteiger partial charge in [-0.3, -0.25) is 9.59 Å². The number of carbonyl (C=O) groups excluding carboxylic acids is 1. The highest BCUT2D eigenvalue weighted by Crippen LogP contribution is 2.33. The summed E-state index contributed by atoms with van der Waals surface area (Å²) in [4.78, 5) is 26.4. The maximum Gasteiger partial charge on any atom is 0.322 e. The van der Waals surface area contributed by atoms with Crippen molar-refractivity contribution in [3.8, 4) is 29.4 Å². The van der Waals surface area contributed by atoms with Crippen LogP contribution in [0.3, 0.4) is 0 Å². The Hall–Kier alpha value is -4.08. The molecule has 0 bridgehead atoms. The number of ether oxygens (including phenoxy) is 1. The lowest BCUT2D eigenvalue weighted by Gasteiger charge is -2.35. The number of amides is 1. The second-order valence-corrected chi connectivity index (χ2v) is 7.38. The van der Waals surface area contributed by atoms with Crippen molar-refractivity contribution in [1.29, 1.82) is 5.26 Å². The number of carbonyl (C=O) groups is 2. The lowest BCUT2D eigenvalue weighted by molar-refractivity contribution is -0.135. The number of carboxylic acid groups (broad SMARTS) is 1. The topological polar surface area (TPSA) is 153 Å². The average molecular weight is 435 g/mol. The van der Waals surface area contributed by atoms with Gasteiger partial charge in [0.1, 0.15) is 18.0 Å². The van der Waals surface area contributed by atoms with Crippen LogP contribution < -0.4 is 10.1 Å². The molecule has 1 heterocycles. The summed E-state index contributed by atoms with van der Waals surface area (Å²) in [7, 11) is 0. The van der Waals surface area contributed by atoms with Gasteiger partial charge in [-0.05, 0) is 49.1 Å². The average Bonchev–Trinajstić information content (AvgIpc) is 2.78. The predicted octanol–water partition coefficient (Wildman–Crippen LogP) is 1.58. The maximum atomic E-state index is 11.9. The first kappa shape index (κ1) is 22.6. The number of carboxylic acids is 1. The third-order valence-corrected chi connectivity index (χ3v) is 4.98. The van der Waals surface area contributed by atoms with E-state index < -0.39 is 35.9 Å². The minimum Gasteiger partial charge on any atom is -0.505 e. The predicted molar refractivity (Wildman–Crippen MR) is 112 cm³/mol. The zero-order valence-electron chi connectivity index (χ0n) is 17.0. The number of aromatic nitrogens is 1. The molecule has 4 N–H and O–H groups in total. The molecule has 1 aliphatic rings. The summed E-state index contributed by atoms with van der Waals surface area (Å²) in [5.41, 5.74) is -0.335. The first-order valence-electron chi connectivity index (χ1n) is 9.90. The molecular weight excluding hydrogens is 414 g/mol. The summed E-state index contributed by atoms with van der Waals surface area (Å²) in [5, 5.41) is 39.7. The van der Waals surface area contributed by atoms with Crippen molar-refractivity contribution < 1.29 is 29.6 Å². The third-order valence-electron chi connectivity index (χ3n) is 4.98. The Morgan fingerprint density at radius 3 is 2.50 bits per heavy atom. The molecule has 0 atom stereocenters. The van der Waals surface area contributed by atoms with E-state index >= 15 is 0 Å². The highest BCUT2D eigenvalue weighted by Gasteiger charge is 2.35. The third kappa shape index (κ3) is 5.75. The summed E-state index contributed by atoms with van der Waals surface area (Å²) >= 11 is 0. The summed E-state index contributed by atoms with van der Waals surface area (Å²) in [5.74, 6) is 4.08. The van der Waals surface area contributed by atoms with Gasteiger partial charge in [0, 0.05) is 24.6 Å². The summed E-state index contributed by atoms with van der Waals surface area (Å²) < 4.78 is 6.16. The lowest BCUT2D eigenvalue weighted by Crippen LogP contribution is -2.40. The van der Waals surface area contributed by atoms with E-state index in [2.05, 4.69) is 22.1 Å². The number of nitrogens with one attached hydrogen (secondary N) is 1. The molecule has 164 valence electrons. The second kappa shape index (κ2) is 9.82. The standard InChI is InChI=1S/C23H21N3O6/c24-12-15-1-3-18(4-2-15)32-23(9-6-17(27)7-10-23)8-5-16-11-19(28)21(25-13-16)22(31)26-14-20(29)30/h1-4,11,13,17,27-28H,6-7,9-10,14H2,(H,26,31)(H,29,30). The first-order chi connectivity index (χ1) is 15.3. The highest BCUT2D eigenvalue weighted by atomic mass is 16.5. The van der Waals surface area contributed by atoms with E-state index in [9.17, 15) is 19.8 Å². The quantitative estimate of drug-likeness (QED) is 0.517. The van der Waals surface area contributed by atoms with Gasteiger partial charge in [0.15, 0.2) is 11.3 Å². The Labute approximate surface area is 184 Å². The smallest absolute Gasteiger partial charge is 0.322 e. The molecular formula is C23H21N3O6. The van der Waals surface area contributed by atoms with Crippen molar-refractivity contribution in [2.24, 2.45) is 0 Å². The van der Waals surface area contributed by atoms with Crippen LogP contribution in [-0.2, 0) is 4.79 Å². The molecule has 3 rings (SSSR count). The van der Waals surface area contributed by atoms with Crippen LogP contribution in [0, 0.1) is 23.2 Å². The van der Waals surface area contributed by atoms with Crippen LogP contribution in [0.5, 0.6) is 11.5 Å². The van der Waals surface area contributed by atoms with Gasteiger partial charge < -0.3 is 25.4 Å². The number of rotatable bonds is 5. The SMILES string of the molecule is N#Cc1ccc(OC2(C#Cc3cnc(C(=O)NCC(=O)O)c(O)c3)CCC(O)CC2)cc1. The van der Waals surface area contributed by atoms with E-state index in [1.165, 1.54) is 12.3 Å². The van der Waals surface area contributed by atoms with Gasteiger partial charge in [0.05, 0.1) is 17.7 Å². The number of aliphatic hydroxyl groups excluding tert-OH is 1. The monoisotopic (exact) mass is 435 g/mol. The minimum absolute atomic E-state index is 0.305. The van der Waals surface area contributed by atoms with Gasteiger partial charge in [-0.25, -0.2) is 4.98 Å². The van der Waals surface area contributed by atoms with Crippen molar-refractivity contribution >= 4 is 11.9 Å². The van der Waals surface area contributed by atoms with Gasteiger partial charge >= 0.3 is 5.97 Å².